The molecule has 0 aliphatic carbocycles. The Bertz CT molecular complexity index is 782. The van der Waals surface area contributed by atoms with Crippen LogP contribution in [0.3, 0.4) is 0 Å². The molecule has 110 valence electrons. The molecule has 0 saturated carbocycles. The molecule has 8 nitrogen and oxygen atoms in total. The molecule has 0 fully saturated rings. The van der Waals surface area contributed by atoms with Crippen molar-refractivity contribution in [1.82, 2.24) is 24.7 Å². The van der Waals surface area contributed by atoms with Gasteiger partial charge in [0.2, 0.25) is 12.4 Å². The average Bonchev–Trinajstić information content (AvgIpc) is 2.94. The molecule has 2 N–H and O–H groups in total. The first-order valence-corrected chi connectivity index (χ1v) is 6.50. The number of aromatic nitrogens is 5. The van der Waals surface area contributed by atoms with Crippen molar-refractivity contribution in [3.8, 4) is 11.3 Å². The molecule has 0 aliphatic heterocycles. The summed E-state index contributed by atoms with van der Waals surface area (Å²) >= 11 is 0. The highest BCUT2D eigenvalue weighted by Crippen LogP contribution is 2.19. The van der Waals surface area contributed by atoms with Gasteiger partial charge in [-0.25, -0.2) is 15.0 Å². The summed E-state index contributed by atoms with van der Waals surface area (Å²) in [5.74, 6) is 0.960. The maximum atomic E-state index is 10.4. The Morgan fingerprint density at radius 3 is 2.77 bits per heavy atom. The lowest BCUT2D eigenvalue weighted by molar-refractivity contribution is -0.105. The number of carbonyl (C=O) groups is 1. The highest BCUT2D eigenvalue weighted by Gasteiger charge is 2.04. The summed E-state index contributed by atoms with van der Waals surface area (Å²) in [5, 5.41) is 9.64. The number of pyridine rings is 1. The molecular formula is C14H13N7O. The van der Waals surface area contributed by atoms with Gasteiger partial charge in [0.15, 0.2) is 0 Å². The molecule has 0 atom stereocenters. The Morgan fingerprint density at radius 1 is 1.18 bits per heavy atom. The van der Waals surface area contributed by atoms with Crippen LogP contribution in [-0.2, 0) is 11.8 Å². The maximum Gasteiger partial charge on any atom is 0.227 e. The first kappa shape index (κ1) is 13.7. The zero-order valence-electron chi connectivity index (χ0n) is 11.8. The molecule has 22 heavy (non-hydrogen) atoms. The molecule has 0 saturated heterocycles. The highest BCUT2D eigenvalue weighted by atomic mass is 16.1. The van der Waals surface area contributed by atoms with Crippen LogP contribution in [0.25, 0.3) is 11.3 Å². The van der Waals surface area contributed by atoms with Crippen LogP contribution in [0.4, 0.5) is 17.5 Å². The van der Waals surface area contributed by atoms with Gasteiger partial charge in [-0.05, 0) is 18.2 Å². The van der Waals surface area contributed by atoms with Gasteiger partial charge in [0.05, 0.1) is 17.6 Å². The van der Waals surface area contributed by atoms with Crippen LogP contribution in [-0.4, -0.2) is 31.1 Å². The third kappa shape index (κ3) is 3.06. The lowest BCUT2D eigenvalue weighted by Gasteiger charge is -2.05. The topological polar surface area (TPSA) is 97.6 Å². The van der Waals surface area contributed by atoms with Gasteiger partial charge in [-0.3, -0.25) is 9.48 Å². The Kier molecular flexibility index (Phi) is 3.73. The van der Waals surface area contributed by atoms with Crippen LogP contribution in [0.5, 0.6) is 0 Å². The molecule has 3 rings (SSSR count). The molecule has 3 heterocycles. The number of nitrogens with one attached hydrogen (secondary N) is 2. The van der Waals surface area contributed by atoms with Gasteiger partial charge in [0.1, 0.15) is 5.82 Å². The third-order valence-electron chi connectivity index (χ3n) is 2.88. The SMILES string of the molecule is Cn1cc(Nc2nccc(-c3ccc(NC=O)nc3)n2)cn1. The number of hydrogen-bond acceptors (Lipinski definition) is 6. The largest absolute Gasteiger partial charge is 0.321 e. The molecule has 0 bridgehead atoms. The summed E-state index contributed by atoms with van der Waals surface area (Å²) in [6.07, 6.45) is 7.41. The van der Waals surface area contributed by atoms with Crippen LogP contribution in [0, 0.1) is 0 Å². The second kappa shape index (κ2) is 6.00. The zero-order chi connectivity index (χ0) is 15.4. The summed E-state index contributed by atoms with van der Waals surface area (Å²) in [7, 11) is 1.84. The minimum absolute atomic E-state index is 0.473. The van der Waals surface area contributed by atoms with Gasteiger partial charge in [0, 0.05) is 31.2 Å². The maximum absolute atomic E-state index is 10.4. The van der Waals surface area contributed by atoms with E-state index in [9.17, 15) is 4.79 Å². The fraction of sp³-hybridized carbons (Fsp3) is 0.0714. The lowest BCUT2D eigenvalue weighted by Crippen LogP contribution is -1.98. The quantitative estimate of drug-likeness (QED) is 0.694. The van der Waals surface area contributed by atoms with Gasteiger partial charge in [0.25, 0.3) is 0 Å². The summed E-state index contributed by atoms with van der Waals surface area (Å²) in [4.78, 5) is 23.1. The summed E-state index contributed by atoms with van der Waals surface area (Å²) < 4.78 is 1.69. The van der Waals surface area contributed by atoms with E-state index in [1.807, 2.05) is 19.3 Å². The standard InChI is InChI=1S/C14H13N7O/c1-21-8-11(7-18-21)19-14-15-5-4-12(20-14)10-2-3-13(16-6-10)17-9-22/h2-9H,1H3,(H,15,19,20)(H,16,17,22). The normalized spacial score (nSPS) is 10.2. The first-order valence-electron chi connectivity index (χ1n) is 6.50. The summed E-state index contributed by atoms with van der Waals surface area (Å²) in [6.45, 7) is 0. The molecule has 1 amide bonds. The van der Waals surface area contributed by atoms with Crippen molar-refractivity contribution >= 4 is 23.9 Å². The molecule has 3 aromatic heterocycles. The number of rotatable bonds is 5. The Labute approximate surface area is 126 Å². The Morgan fingerprint density at radius 2 is 2.09 bits per heavy atom. The fourth-order valence-corrected chi connectivity index (χ4v) is 1.89. The number of amides is 1. The molecule has 3 aromatic rings. The second-order valence-corrected chi connectivity index (χ2v) is 4.49. The molecule has 0 spiro atoms. The monoisotopic (exact) mass is 295 g/mol. The van der Waals surface area contributed by atoms with Crippen LogP contribution < -0.4 is 10.6 Å². The van der Waals surface area contributed by atoms with Crippen molar-refractivity contribution in [2.24, 2.45) is 7.05 Å². The van der Waals surface area contributed by atoms with Crippen LogP contribution in [0.1, 0.15) is 0 Å². The minimum atomic E-state index is 0.473. The van der Waals surface area contributed by atoms with E-state index in [1.54, 1.807) is 35.4 Å². The number of aryl methyl sites for hydroxylation is 1. The predicted octanol–water partition coefficient (Wildman–Crippen LogP) is 1.58. The number of hydrogen-bond donors (Lipinski definition) is 2. The summed E-state index contributed by atoms with van der Waals surface area (Å²) in [5.41, 5.74) is 2.36. The van der Waals surface area contributed by atoms with E-state index < -0.39 is 0 Å². The molecular weight excluding hydrogens is 282 g/mol. The van der Waals surface area contributed by atoms with E-state index in [1.165, 1.54) is 0 Å². The van der Waals surface area contributed by atoms with E-state index in [0.29, 0.717) is 18.2 Å². The van der Waals surface area contributed by atoms with Gasteiger partial charge >= 0.3 is 0 Å². The van der Waals surface area contributed by atoms with Crippen molar-refractivity contribution in [2.75, 3.05) is 10.6 Å². The van der Waals surface area contributed by atoms with Crippen molar-refractivity contribution < 1.29 is 4.79 Å². The average molecular weight is 295 g/mol. The first-order chi connectivity index (χ1) is 10.7. The molecule has 0 unspecified atom stereocenters. The number of anilines is 3. The summed E-state index contributed by atoms with van der Waals surface area (Å²) in [6, 6.07) is 5.33. The predicted molar refractivity (Wildman–Crippen MR) is 81.4 cm³/mol. The van der Waals surface area contributed by atoms with E-state index in [-0.39, 0.29) is 0 Å². The van der Waals surface area contributed by atoms with Crippen LogP contribution >= 0.6 is 0 Å². The van der Waals surface area contributed by atoms with Crippen molar-refractivity contribution in [3.05, 3.63) is 43.0 Å². The Balaban J connectivity index is 1.82. The smallest absolute Gasteiger partial charge is 0.227 e. The van der Waals surface area contributed by atoms with Crippen molar-refractivity contribution in [1.29, 1.82) is 0 Å². The molecule has 0 aliphatic rings. The second-order valence-electron chi connectivity index (χ2n) is 4.49. The third-order valence-corrected chi connectivity index (χ3v) is 2.88. The lowest BCUT2D eigenvalue weighted by atomic mass is 10.2. The van der Waals surface area contributed by atoms with Crippen molar-refractivity contribution in [2.45, 2.75) is 0 Å². The minimum Gasteiger partial charge on any atom is -0.321 e. The van der Waals surface area contributed by atoms with Gasteiger partial charge in [-0.2, -0.15) is 5.10 Å². The van der Waals surface area contributed by atoms with E-state index in [2.05, 4.69) is 30.7 Å². The number of nitrogens with zero attached hydrogens (tertiary/aromatic N) is 5. The molecule has 8 heteroatoms. The van der Waals surface area contributed by atoms with E-state index in [4.69, 9.17) is 0 Å². The van der Waals surface area contributed by atoms with Gasteiger partial charge < -0.3 is 10.6 Å². The number of carbonyl (C=O) groups excluding carboxylic acids is 1. The van der Waals surface area contributed by atoms with E-state index in [0.717, 1.165) is 16.9 Å². The van der Waals surface area contributed by atoms with Crippen LogP contribution in [0.2, 0.25) is 0 Å². The fourth-order valence-electron chi connectivity index (χ4n) is 1.89. The molecule has 0 aromatic carbocycles. The Hall–Kier alpha value is -3.29. The van der Waals surface area contributed by atoms with Crippen molar-refractivity contribution in [3.63, 3.8) is 0 Å². The van der Waals surface area contributed by atoms with Gasteiger partial charge in [-0.1, -0.05) is 0 Å². The van der Waals surface area contributed by atoms with Gasteiger partial charge in [-0.15, -0.1) is 0 Å². The molecule has 0 radical (unpaired) electrons. The van der Waals surface area contributed by atoms with E-state index >= 15 is 0 Å². The zero-order valence-corrected chi connectivity index (χ0v) is 11.8. The van der Waals surface area contributed by atoms with Crippen LogP contribution in [0.15, 0.2) is 43.0 Å². The highest BCUT2D eigenvalue weighted by molar-refractivity contribution is 5.70.